The van der Waals surface area contributed by atoms with Crippen molar-refractivity contribution in [1.82, 2.24) is 24.4 Å². The Balaban J connectivity index is 1.34. The Bertz CT molecular complexity index is 1020. The number of fused-ring (bicyclic) bond motifs is 1. The van der Waals surface area contributed by atoms with E-state index in [-0.39, 0.29) is 5.92 Å². The standard InChI is InChI=1S/C24H33ClN6OS/c1-4-28(5-2)15-16-29(6-3)22(32)19-11-13-30(14-12-19)24-27-31-17-21(26-23(31)33-24)18-7-9-20(25)10-8-18/h7-10,17,19H,4-6,11-16H2,1-3H3. The Morgan fingerprint density at radius 1 is 1.09 bits per heavy atom. The third-order valence-corrected chi connectivity index (χ3v) is 7.80. The fourth-order valence-corrected chi connectivity index (χ4v) is 5.44. The second-order valence-corrected chi connectivity index (χ2v) is 9.82. The first-order valence-electron chi connectivity index (χ1n) is 11.9. The van der Waals surface area contributed by atoms with Crippen LogP contribution in [-0.2, 0) is 4.79 Å². The molecule has 0 atom stereocenters. The Morgan fingerprint density at radius 3 is 2.39 bits per heavy atom. The van der Waals surface area contributed by atoms with Gasteiger partial charge in [0.15, 0.2) is 0 Å². The van der Waals surface area contributed by atoms with Crippen LogP contribution in [-0.4, -0.2) is 76.1 Å². The molecule has 2 aromatic heterocycles. The molecule has 0 N–H and O–H groups in total. The number of hydrogen-bond donors (Lipinski definition) is 0. The predicted octanol–water partition coefficient (Wildman–Crippen LogP) is 4.52. The molecule has 0 saturated carbocycles. The Kier molecular flexibility index (Phi) is 7.88. The number of carbonyl (C=O) groups excluding carboxylic acids is 1. The van der Waals surface area contributed by atoms with Crippen molar-refractivity contribution in [1.29, 1.82) is 0 Å². The van der Waals surface area contributed by atoms with Crippen molar-refractivity contribution in [3.63, 3.8) is 0 Å². The Labute approximate surface area is 205 Å². The summed E-state index contributed by atoms with van der Waals surface area (Å²) >= 11 is 7.59. The predicted molar refractivity (Wildman–Crippen MR) is 136 cm³/mol. The molecule has 0 radical (unpaired) electrons. The number of amides is 1. The summed E-state index contributed by atoms with van der Waals surface area (Å²) in [7, 11) is 0. The molecule has 0 bridgehead atoms. The average Bonchev–Trinajstić information content (AvgIpc) is 3.42. The number of piperidine rings is 1. The molecule has 1 aromatic carbocycles. The monoisotopic (exact) mass is 488 g/mol. The number of nitrogens with zero attached hydrogens (tertiary/aromatic N) is 6. The minimum absolute atomic E-state index is 0.110. The first kappa shape index (κ1) is 24.0. The lowest BCUT2D eigenvalue weighted by Gasteiger charge is -2.34. The summed E-state index contributed by atoms with van der Waals surface area (Å²) in [6, 6.07) is 7.69. The van der Waals surface area contributed by atoms with E-state index in [0.717, 1.165) is 80.0 Å². The van der Waals surface area contributed by atoms with E-state index in [2.05, 4.69) is 30.6 Å². The van der Waals surface area contributed by atoms with Gasteiger partial charge >= 0.3 is 0 Å². The van der Waals surface area contributed by atoms with E-state index in [1.165, 1.54) is 0 Å². The van der Waals surface area contributed by atoms with Crippen LogP contribution in [0.2, 0.25) is 5.02 Å². The highest BCUT2D eigenvalue weighted by atomic mass is 35.5. The summed E-state index contributed by atoms with van der Waals surface area (Å²) < 4.78 is 1.85. The molecule has 1 aliphatic rings. The maximum Gasteiger partial charge on any atom is 0.225 e. The van der Waals surface area contributed by atoms with Gasteiger partial charge in [0.2, 0.25) is 16.0 Å². The van der Waals surface area contributed by atoms with Gasteiger partial charge in [-0.05, 0) is 45.0 Å². The first-order valence-corrected chi connectivity index (χ1v) is 13.1. The normalized spacial score (nSPS) is 15.0. The summed E-state index contributed by atoms with van der Waals surface area (Å²) in [6.45, 7) is 12.7. The molecular formula is C24H33ClN6OS. The lowest BCUT2D eigenvalue weighted by atomic mass is 9.95. The van der Waals surface area contributed by atoms with E-state index >= 15 is 0 Å². The number of rotatable bonds is 9. The lowest BCUT2D eigenvalue weighted by molar-refractivity contribution is -0.136. The smallest absolute Gasteiger partial charge is 0.225 e. The minimum atomic E-state index is 0.110. The first-order chi connectivity index (χ1) is 16.0. The third kappa shape index (κ3) is 5.50. The van der Waals surface area contributed by atoms with Crippen LogP contribution in [0.5, 0.6) is 0 Å². The summed E-state index contributed by atoms with van der Waals surface area (Å²) in [5, 5.41) is 6.45. The summed E-state index contributed by atoms with van der Waals surface area (Å²) in [4.78, 5) is 25.4. The van der Waals surface area contributed by atoms with Gasteiger partial charge in [0.1, 0.15) is 0 Å². The number of aromatic nitrogens is 3. The maximum absolute atomic E-state index is 13.1. The molecule has 0 aliphatic carbocycles. The van der Waals surface area contributed by atoms with Crippen molar-refractivity contribution < 1.29 is 4.79 Å². The molecule has 3 heterocycles. The van der Waals surface area contributed by atoms with E-state index in [4.69, 9.17) is 21.7 Å². The van der Waals surface area contributed by atoms with Crippen LogP contribution in [0.25, 0.3) is 16.2 Å². The second-order valence-electron chi connectivity index (χ2n) is 8.45. The van der Waals surface area contributed by atoms with E-state index in [0.29, 0.717) is 10.9 Å². The number of imidazole rings is 1. The van der Waals surface area contributed by atoms with Crippen molar-refractivity contribution in [3.05, 3.63) is 35.5 Å². The largest absolute Gasteiger partial charge is 0.347 e. The van der Waals surface area contributed by atoms with Crippen LogP contribution in [0, 0.1) is 5.92 Å². The SMILES string of the molecule is CCN(CC)CCN(CC)C(=O)C1CCN(c2nn3cc(-c4ccc(Cl)cc4)nc3s2)CC1. The minimum Gasteiger partial charge on any atom is -0.347 e. The van der Waals surface area contributed by atoms with Crippen LogP contribution in [0.3, 0.4) is 0 Å². The second kappa shape index (κ2) is 10.8. The van der Waals surface area contributed by atoms with Crippen molar-refractivity contribution in [2.24, 2.45) is 5.92 Å². The third-order valence-electron chi connectivity index (χ3n) is 6.56. The zero-order valence-electron chi connectivity index (χ0n) is 19.7. The van der Waals surface area contributed by atoms with Gasteiger partial charge in [-0.15, -0.1) is 5.10 Å². The fourth-order valence-electron chi connectivity index (χ4n) is 4.38. The van der Waals surface area contributed by atoms with Crippen LogP contribution in [0.15, 0.2) is 30.5 Å². The molecule has 7 nitrogen and oxygen atoms in total. The van der Waals surface area contributed by atoms with Gasteiger partial charge in [-0.2, -0.15) is 0 Å². The molecule has 33 heavy (non-hydrogen) atoms. The Morgan fingerprint density at radius 2 is 1.79 bits per heavy atom. The highest BCUT2D eigenvalue weighted by Gasteiger charge is 2.29. The van der Waals surface area contributed by atoms with Gasteiger partial charge in [-0.1, -0.05) is 48.9 Å². The maximum atomic E-state index is 13.1. The summed E-state index contributed by atoms with van der Waals surface area (Å²) in [5.74, 6) is 0.421. The molecule has 1 aliphatic heterocycles. The zero-order valence-corrected chi connectivity index (χ0v) is 21.3. The number of likely N-dealkylation sites (N-methyl/N-ethyl adjacent to an activating group) is 2. The number of benzene rings is 1. The molecule has 178 valence electrons. The molecule has 4 rings (SSSR count). The number of halogens is 1. The lowest BCUT2D eigenvalue weighted by Crippen LogP contribution is -2.45. The van der Waals surface area contributed by atoms with Crippen LogP contribution >= 0.6 is 22.9 Å². The van der Waals surface area contributed by atoms with Crippen molar-refractivity contribution in [2.75, 3.05) is 50.7 Å². The molecule has 9 heteroatoms. The molecule has 0 unspecified atom stereocenters. The van der Waals surface area contributed by atoms with Crippen molar-refractivity contribution in [2.45, 2.75) is 33.6 Å². The zero-order chi connectivity index (χ0) is 23.4. The van der Waals surface area contributed by atoms with Crippen LogP contribution in [0.4, 0.5) is 5.13 Å². The van der Waals surface area contributed by atoms with Crippen molar-refractivity contribution >= 4 is 38.9 Å². The van der Waals surface area contributed by atoms with Gasteiger partial charge in [0.25, 0.3) is 0 Å². The van der Waals surface area contributed by atoms with Crippen LogP contribution < -0.4 is 4.90 Å². The average molecular weight is 489 g/mol. The van der Waals surface area contributed by atoms with E-state index in [9.17, 15) is 4.79 Å². The highest BCUT2D eigenvalue weighted by molar-refractivity contribution is 7.20. The van der Waals surface area contributed by atoms with E-state index in [1.807, 2.05) is 39.9 Å². The molecule has 1 saturated heterocycles. The van der Waals surface area contributed by atoms with Gasteiger partial charge in [0, 0.05) is 49.2 Å². The topological polar surface area (TPSA) is 57.0 Å². The summed E-state index contributed by atoms with van der Waals surface area (Å²) in [5.41, 5.74) is 1.92. The number of anilines is 1. The van der Waals surface area contributed by atoms with E-state index < -0.39 is 0 Å². The van der Waals surface area contributed by atoms with Gasteiger partial charge in [0.05, 0.1) is 11.9 Å². The van der Waals surface area contributed by atoms with Crippen LogP contribution in [0.1, 0.15) is 33.6 Å². The highest BCUT2D eigenvalue weighted by Crippen LogP contribution is 2.30. The molecule has 1 fully saturated rings. The molecule has 1 amide bonds. The van der Waals surface area contributed by atoms with Gasteiger partial charge < -0.3 is 14.7 Å². The van der Waals surface area contributed by atoms with Gasteiger partial charge in [-0.25, -0.2) is 9.50 Å². The van der Waals surface area contributed by atoms with E-state index in [1.54, 1.807) is 11.3 Å². The molecule has 3 aromatic rings. The molecular weight excluding hydrogens is 456 g/mol. The Hall–Kier alpha value is -2.16. The number of hydrogen-bond acceptors (Lipinski definition) is 6. The quantitative estimate of drug-likeness (QED) is 0.443. The fraction of sp³-hybridized carbons (Fsp3) is 0.542. The summed E-state index contributed by atoms with van der Waals surface area (Å²) in [6.07, 6.45) is 3.71. The van der Waals surface area contributed by atoms with Gasteiger partial charge in [-0.3, -0.25) is 4.79 Å². The number of carbonyl (C=O) groups is 1. The van der Waals surface area contributed by atoms with Crippen molar-refractivity contribution in [3.8, 4) is 11.3 Å². The molecule has 0 spiro atoms.